The molecule has 2 atom stereocenters. The summed E-state index contributed by atoms with van der Waals surface area (Å²) in [7, 11) is 0. The molecule has 0 aromatic carbocycles. The van der Waals surface area contributed by atoms with Gasteiger partial charge >= 0.3 is 0 Å². The highest BCUT2D eigenvalue weighted by atomic mass is 15.4. The van der Waals surface area contributed by atoms with Gasteiger partial charge in [0.15, 0.2) is 5.96 Å². The molecule has 2 aliphatic rings. The maximum absolute atomic E-state index is 6.25. The van der Waals surface area contributed by atoms with Crippen LogP contribution in [0.15, 0.2) is 23.5 Å². The van der Waals surface area contributed by atoms with Gasteiger partial charge in [-0.1, -0.05) is 6.42 Å². The monoisotopic (exact) mass is 345 g/mol. The average Bonchev–Trinajstić information content (AvgIpc) is 2.67. The van der Waals surface area contributed by atoms with Crippen LogP contribution in [0.5, 0.6) is 0 Å². The van der Waals surface area contributed by atoms with Crippen molar-refractivity contribution < 1.29 is 0 Å². The molecule has 0 bridgehead atoms. The van der Waals surface area contributed by atoms with Crippen molar-refractivity contribution in [2.75, 3.05) is 44.2 Å². The summed E-state index contributed by atoms with van der Waals surface area (Å²) in [4.78, 5) is 20.3. The number of rotatable bonds is 4. The number of anilines is 1. The molecule has 7 heteroatoms. The fourth-order valence-corrected chi connectivity index (χ4v) is 3.80. The number of likely N-dealkylation sites (tertiary alicyclic amines) is 1. The van der Waals surface area contributed by atoms with Crippen LogP contribution in [0.1, 0.15) is 33.1 Å². The van der Waals surface area contributed by atoms with Gasteiger partial charge in [-0.25, -0.2) is 9.97 Å². The van der Waals surface area contributed by atoms with E-state index >= 15 is 0 Å². The molecule has 138 valence electrons. The predicted molar refractivity (Wildman–Crippen MR) is 102 cm³/mol. The van der Waals surface area contributed by atoms with Crippen molar-refractivity contribution in [2.45, 2.75) is 45.2 Å². The maximum atomic E-state index is 6.25. The van der Waals surface area contributed by atoms with Crippen molar-refractivity contribution in [3.05, 3.63) is 18.5 Å². The van der Waals surface area contributed by atoms with Gasteiger partial charge in [0.25, 0.3) is 0 Å². The lowest BCUT2D eigenvalue weighted by atomic mass is 10.0. The Balaban J connectivity index is 1.48. The summed E-state index contributed by atoms with van der Waals surface area (Å²) in [5.41, 5.74) is 6.25. The van der Waals surface area contributed by atoms with Gasteiger partial charge in [0.05, 0.1) is 6.54 Å². The summed E-state index contributed by atoms with van der Waals surface area (Å²) >= 11 is 0. The molecular weight excluding hydrogens is 314 g/mol. The Bertz CT molecular complexity index is 554. The Morgan fingerprint density at radius 1 is 1.20 bits per heavy atom. The van der Waals surface area contributed by atoms with E-state index < -0.39 is 0 Å². The molecule has 7 nitrogen and oxygen atoms in total. The summed E-state index contributed by atoms with van der Waals surface area (Å²) in [5.74, 6) is 1.47. The Kier molecular flexibility index (Phi) is 6.07. The number of aliphatic imine (C=N–C) groups is 1. The molecule has 1 aromatic rings. The standard InChI is InChI=1S/C18H31N7/c1-15-6-3-4-9-25(15)16(2)14-22-17(19)23-10-12-24(13-11-23)18-20-7-5-8-21-18/h5,7-8,15-16H,3-4,6,9-14H2,1-2H3,(H2,19,22). The molecule has 2 unspecified atom stereocenters. The van der Waals surface area contributed by atoms with Crippen LogP contribution in [0, 0.1) is 0 Å². The number of piperazine rings is 1. The normalized spacial score (nSPS) is 24.4. The molecule has 25 heavy (non-hydrogen) atoms. The van der Waals surface area contributed by atoms with Crippen molar-refractivity contribution in [3.8, 4) is 0 Å². The van der Waals surface area contributed by atoms with Crippen LogP contribution in [0.25, 0.3) is 0 Å². The average molecular weight is 345 g/mol. The summed E-state index contributed by atoms with van der Waals surface area (Å²) in [6, 6.07) is 2.96. The topological polar surface area (TPSA) is 73.9 Å². The van der Waals surface area contributed by atoms with Gasteiger partial charge in [-0.3, -0.25) is 9.89 Å². The minimum atomic E-state index is 0.452. The predicted octanol–water partition coefficient (Wildman–Crippen LogP) is 1.18. The molecule has 2 fully saturated rings. The second-order valence-electron chi connectivity index (χ2n) is 7.15. The van der Waals surface area contributed by atoms with E-state index in [1.54, 1.807) is 12.4 Å². The van der Waals surface area contributed by atoms with Gasteiger partial charge in [0, 0.05) is 50.7 Å². The fraction of sp³-hybridized carbons (Fsp3) is 0.722. The second kappa shape index (κ2) is 8.47. The van der Waals surface area contributed by atoms with Crippen molar-refractivity contribution in [2.24, 2.45) is 10.7 Å². The van der Waals surface area contributed by atoms with Gasteiger partial charge in [-0.05, 0) is 39.3 Å². The number of guanidine groups is 1. The molecule has 0 radical (unpaired) electrons. The third-order valence-corrected chi connectivity index (χ3v) is 5.38. The number of nitrogens with two attached hydrogens (primary N) is 1. The summed E-state index contributed by atoms with van der Waals surface area (Å²) < 4.78 is 0. The first-order chi connectivity index (χ1) is 12.1. The maximum Gasteiger partial charge on any atom is 0.225 e. The Morgan fingerprint density at radius 2 is 1.92 bits per heavy atom. The molecule has 2 saturated heterocycles. The Labute approximate surface area is 150 Å². The summed E-state index contributed by atoms with van der Waals surface area (Å²) in [6.07, 6.45) is 7.52. The molecule has 0 saturated carbocycles. The minimum Gasteiger partial charge on any atom is -0.370 e. The fourth-order valence-electron chi connectivity index (χ4n) is 3.80. The number of piperidine rings is 1. The molecule has 3 rings (SSSR count). The number of hydrogen-bond donors (Lipinski definition) is 1. The summed E-state index contributed by atoms with van der Waals surface area (Å²) in [6.45, 7) is 10.0. The smallest absolute Gasteiger partial charge is 0.225 e. The quantitative estimate of drug-likeness (QED) is 0.652. The highest BCUT2D eigenvalue weighted by molar-refractivity contribution is 5.78. The molecule has 1 aromatic heterocycles. The molecule has 2 N–H and O–H groups in total. The molecule has 0 amide bonds. The van der Waals surface area contributed by atoms with E-state index in [1.807, 2.05) is 6.07 Å². The zero-order valence-electron chi connectivity index (χ0n) is 15.5. The van der Waals surface area contributed by atoms with Crippen molar-refractivity contribution >= 4 is 11.9 Å². The Hall–Kier alpha value is -1.89. The van der Waals surface area contributed by atoms with E-state index in [4.69, 9.17) is 5.73 Å². The van der Waals surface area contributed by atoms with Crippen molar-refractivity contribution in [1.82, 2.24) is 19.8 Å². The van der Waals surface area contributed by atoms with Crippen LogP contribution in [0.2, 0.25) is 0 Å². The van der Waals surface area contributed by atoms with Crippen LogP contribution >= 0.6 is 0 Å². The molecule has 3 heterocycles. The van der Waals surface area contributed by atoms with Crippen molar-refractivity contribution in [3.63, 3.8) is 0 Å². The second-order valence-corrected chi connectivity index (χ2v) is 7.15. The van der Waals surface area contributed by atoms with E-state index in [2.05, 4.69) is 43.5 Å². The lowest BCUT2D eigenvalue weighted by Gasteiger charge is -2.38. The lowest BCUT2D eigenvalue weighted by molar-refractivity contribution is 0.118. The largest absolute Gasteiger partial charge is 0.370 e. The lowest BCUT2D eigenvalue weighted by Crippen LogP contribution is -2.52. The SMILES string of the molecule is CC1CCCCN1C(C)CN=C(N)N1CCN(c2ncccn2)CC1. The third kappa shape index (κ3) is 4.60. The van der Waals surface area contributed by atoms with E-state index in [1.165, 1.54) is 25.8 Å². The number of hydrogen-bond acceptors (Lipinski definition) is 5. The van der Waals surface area contributed by atoms with E-state index in [9.17, 15) is 0 Å². The van der Waals surface area contributed by atoms with Crippen LogP contribution < -0.4 is 10.6 Å². The summed E-state index contributed by atoms with van der Waals surface area (Å²) in [5, 5.41) is 0. The van der Waals surface area contributed by atoms with Gasteiger partial charge in [0.1, 0.15) is 0 Å². The van der Waals surface area contributed by atoms with E-state index in [0.29, 0.717) is 18.0 Å². The van der Waals surface area contributed by atoms with Gasteiger partial charge < -0.3 is 15.5 Å². The zero-order valence-corrected chi connectivity index (χ0v) is 15.5. The van der Waals surface area contributed by atoms with Crippen molar-refractivity contribution in [1.29, 1.82) is 0 Å². The van der Waals surface area contributed by atoms with Crippen LogP contribution in [0.4, 0.5) is 5.95 Å². The first kappa shape index (κ1) is 17.9. The molecule has 2 aliphatic heterocycles. The van der Waals surface area contributed by atoms with E-state index in [0.717, 1.165) is 38.7 Å². The first-order valence-corrected chi connectivity index (χ1v) is 9.47. The highest BCUT2D eigenvalue weighted by Gasteiger charge is 2.24. The molecule has 0 aliphatic carbocycles. The number of aromatic nitrogens is 2. The van der Waals surface area contributed by atoms with Crippen LogP contribution in [-0.4, -0.2) is 77.1 Å². The van der Waals surface area contributed by atoms with Crippen LogP contribution in [-0.2, 0) is 0 Å². The third-order valence-electron chi connectivity index (χ3n) is 5.38. The van der Waals surface area contributed by atoms with Crippen LogP contribution in [0.3, 0.4) is 0 Å². The van der Waals surface area contributed by atoms with Gasteiger partial charge in [-0.2, -0.15) is 0 Å². The number of nitrogens with zero attached hydrogens (tertiary/aromatic N) is 6. The van der Waals surface area contributed by atoms with E-state index in [-0.39, 0.29) is 0 Å². The van der Waals surface area contributed by atoms with Gasteiger partial charge in [0.2, 0.25) is 5.95 Å². The Morgan fingerprint density at radius 3 is 2.60 bits per heavy atom. The molecule has 0 spiro atoms. The highest BCUT2D eigenvalue weighted by Crippen LogP contribution is 2.19. The zero-order chi connectivity index (χ0) is 17.6. The first-order valence-electron chi connectivity index (χ1n) is 9.47. The minimum absolute atomic E-state index is 0.452. The molecular formula is C18H31N7. The van der Waals surface area contributed by atoms with Gasteiger partial charge in [-0.15, -0.1) is 0 Å².